The van der Waals surface area contributed by atoms with E-state index in [1.54, 1.807) is 6.33 Å². The molecular weight excluding hydrogens is 390 g/mol. The number of benzene rings is 1. The largest absolute Gasteiger partial charge is 0.366 e. The Kier molecular flexibility index (Phi) is 6.39. The predicted molar refractivity (Wildman–Crippen MR) is 114 cm³/mol. The van der Waals surface area contributed by atoms with Crippen LogP contribution in [0.2, 0.25) is 5.02 Å². The first-order valence-electron chi connectivity index (χ1n) is 9.46. The zero-order valence-electron chi connectivity index (χ0n) is 16.8. The Morgan fingerprint density at radius 2 is 1.83 bits per heavy atom. The van der Waals surface area contributed by atoms with E-state index >= 15 is 0 Å². The van der Waals surface area contributed by atoms with Crippen molar-refractivity contribution in [3.63, 3.8) is 0 Å². The minimum absolute atomic E-state index is 0.0107. The monoisotopic (exact) mass is 415 g/mol. The van der Waals surface area contributed by atoms with Gasteiger partial charge in [0.1, 0.15) is 18.2 Å². The molecule has 2 aromatic heterocycles. The molecule has 0 aliphatic carbocycles. The second kappa shape index (κ2) is 8.63. The summed E-state index contributed by atoms with van der Waals surface area (Å²) < 4.78 is 8.37. The van der Waals surface area contributed by atoms with Crippen molar-refractivity contribution in [2.45, 2.75) is 51.7 Å². The summed E-state index contributed by atoms with van der Waals surface area (Å²) in [6.45, 7) is 8.82. The van der Waals surface area contributed by atoms with E-state index in [1.807, 2.05) is 37.4 Å². The number of ether oxygens (including phenoxy) is 1. The molecule has 1 aliphatic rings. The lowest BCUT2D eigenvalue weighted by molar-refractivity contribution is -0.127. The zero-order chi connectivity index (χ0) is 21.2. The molecule has 0 saturated carbocycles. The number of hydrogen-bond donors (Lipinski definition) is 2. The fourth-order valence-electron chi connectivity index (χ4n) is 3.26. The van der Waals surface area contributed by atoms with Crippen LogP contribution in [0.3, 0.4) is 0 Å². The van der Waals surface area contributed by atoms with Crippen molar-refractivity contribution >= 4 is 28.2 Å². The molecule has 3 heterocycles. The summed E-state index contributed by atoms with van der Waals surface area (Å²) in [6, 6.07) is 9.79. The summed E-state index contributed by atoms with van der Waals surface area (Å²) in [7, 11) is 0. The Bertz CT molecular complexity index is 987. The number of aromatic nitrogens is 3. The van der Waals surface area contributed by atoms with Crippen LogP contribution in [0.25, 0.3) is 16.6 Å². The van der Waals surface area contributed by atoms with Gasteiger partial charge in [0.25, 0.3) is 0 Å². The van der Waals surface area contributed by atoms with E-state index in [9.17, 15) is 0 Å². The molecule has 2 atom stereocenters. The first-order chi connectivity index (χ1) is 13.6. The maximum Gasteiger partial charge on any atom is 0.156 e. The first kappa shape index (κ1) is 21.5. The molecule has 6 nitrogen and oxygen atoms in total. The molecule has 0 radical (unpaired) electrons. The van der Waals surface area contributed by atoms with E-state index in [1.165, 1.54) is 13.8 Å². The van der Waals surface area contributed by atoms with Gasteiger partial charge in [0.2, 0.25) is 0 Å². The van der Waals surface area contributed by atoms with Gasteiger partial charge < -0.3 is 19.5 Å². The van der Waals surface area contributed by atoms with Crippen LogP contribution in [0.5, 0.6) is 0 Å². The lowest BCUT2D eigenvalue weighted by Crippen LogP contribution is -2.15. The van der Waals surface area contributed by atoms with Crippen LogP contribution in [-0.4, -0.2) is 36.6 Å². The van der Waals surface area contributed by atoms with Gasteiger partial charge in [0, 0.05) is 16.6 Å². The van der Waals surface area contributed by atoms with E-state index in [-0.39, 0.29) is 12.3 Å². The van der Waals surface area contributed by atoms with Crippen molar-refractivity contribution in [1.29, 1.82) is 0 Å². The number of halogens is 1. The van der Waals surface area contributed by atoms with Gasteiger partial charge >= 0.3 is 0 Å². The molecule has 29 heavy (non-hydrogen) atoms. The molecule has 154 valence electrons. The number of hydrogen-bond acceptors (Lipinski definition) is 5. The topological polar surface area (TPSA) is 80.4 Å². The Labute approximate surface area is 175 Å². The van der Waals surface area contributed by atoms with Crippen molar-refractivity contribution in [3.8, 4) is 0 Å². The van der Waals surface area contributed by atoms with Gasteiger partial charge in [-0.1, -0.05) is 30.3 Å². The number of fused-ring (bicyclic) bond motifs is 1. The van der Waals surface area contributed by atoms with Crippen molar-refractivity contribution < 1.29 is 14.9 Å². The third kappa shape index (κ3) is 5.42. The highest BCUT2D eigenvalue weighted by molar-refractivity contribution is 6.30. The van der Waals surface area contributed by atoms with Crippen LogP contribution in [0, 0.1) is 6.92 Å². The van der Waals surface area contributed by atoms with Gasteiger partial charge in [-0.05, 0) is 62.9 Å². The van der Waals surface area contributed by atoms with Crippen LogP contribution in [0.1, 0.15) is 44.2 Å². The zero-order valence-corrected chi connectivity index (χ0v) is 17.6. The van der Waals surface area contributed by atoms with Gasteiger partial charge in [-0.3, -0.25) is 0 Å². The highest BCUT2D eigenvalue weighted by Crippen LogP contribution is 2.36. The summed E-state index contributed by atoms with van der Waals surface area (Å²) in [4.78, 5) is 8.67. The molecule has 7 heteroatoms. The van der Waals surface area contributed by atoms with Gasteiger partial charge in [0.15, 0.2) is 5.79 Å². The SMILES string of the molecule is C=C(c1ccc(Cl)cc1)C1CCC(n2ccc3c(C)ncnc32)O1.CC(C)(O)O. The van der Waals surface area contributed by atoms with E-state index < -0.39 is 5.79 Å². The molecule has 0 bridgehead atoms. The molecule has 0 spiro atoms. The maximum atomic E-state index is 8.08. The van der Waals surface area contributed by atoms with Gasteiger partial charge in [-0.25, -0.2) is 9.97 Å². The third-order valence-electron chi connectivity index (χ3n) is 4.62. The second-order valence-corrected chi connectivity index (χ2v) is 8.04. The minimum Gasteiger partial charge on any atom is -0.366 e. The average Bonchev–Trinajstić information content (AvgIpc) is 3.28. The number of aryl methyl sites for hydroxylation is 1. The Hall–Kier alpha value is -2.25. The van der Waals surface area contributed by atoms with E-state index in [0.29, 0.717) is 0 Å². The molecule has 2 unspecified atom stereocenters. The van der Waals surface area contributed by atoms with E-state index in [4.69, 9.17) is 26.6 Å². The van der Waals surface area contributed by atoms with Crippen LogP contribution in [0.4, 0.5) is 0 Å². The molecule has 3 aromatic rings. The fourth-order valence-corrected chi connectivity index (χ4v) is 3.39. The molecule has 1 aromatic carbocycles. The predicted octanol–water partition coefficient (Wildman–Crippen LogP) is 4.49. The van der Waals surface area contributed by atoms with Gasteiger partial charge in [-0.2, -0.15) is 0 Å². The lowest BCUT2D eigenvalue weighted by Gasteiger charge is -2.18. The molecule has 1 saturated heterocycles. The third-order valence-corrected chi connectivity index (χ3v) is 4.87. The minimum atomic E-state index is -1.50. The second-order valence-electron chi connectivity index (χ2n) is 7.60. The molecule has 0 amide bonds. The summed E-state index contributed by atoms with van der Waals surface area (Å²) in [5, 5.41) is 18.0. The maximum absolute atomic E-state index is 8.08. The Morgan fingerprint density at radius 1 is 1.17 bits per heavy atom. The van der Waals surface area contributed by atoms with E-state index in [0.717, 1.165) is 45.7 Å². The summed E-state index contributed by atoms with van der Waals surface area (Å²) in [6.07, 6.45) is 5.50. The molecular formula is C22H26ClN3O3. The molecule has 1 fully saturated rings. The van der Waals surface area contributed by atoms with Crippen LogP contribution < -0.4 is 0 Å². The van der Waals surface area contributed by atoms with Crippen LogP contribution in [0.15, 0.2) is 49.4 Å². The van der Waals surface area contributed by atoms with Crippen LogP contribution >= 0.6 is 11.6 Å². The van der Waals surface area contributed by atoms with Crippen molar-refractivity contribution in [1.82, 2.24) is 14.5 Å². The quantitative estimate of drug-likeness (QED) is 0.616. The molecule has 1 aliphatic heterocycles. The number of nitrogens with zero attached hydrogens (tertiary/aromatic N) is 3. The van der Waals surface area contributed by atoms with Crippen LogP contribution in [-0.2, 0) is 4.74 Å². The van der Waals surface area contributed by atoms with Crippen molar-refractivity contribution in [3.05, 3.63) is 65.7 Å². The van der Waals surface area contributed by atoms with Gasteiger partial charge in [0.05, 0.1) is 11.8 Å². The smallest absolute Gasteiger partial charge is 0.156 e. The van der Waals surface area contributed by atoms with E-state index in [2.05, 4.69) is 27.2 Å². The summed E-state index contributed by atoms with van der Waals surface area (Å²) in [5.74, 6) is -1.50. The highest BCUT2D eigenvalue weighted by atomic mass is 35.5. The van der Waals surface area contributed by atoms with Gasteiger partial charge in [-0.15, -0.1) is 0 Å². The lowest BCUT2D eigenvalue weighted by atomic mass is 10.0. The normalized spacial score (nSPS) is 19.1. The number of aliphatic hydroxyl groups is 2. The Morgan fingerprint density at radius 3 is 2.48 bits per heavy atom. The average molecular weight is 416 g/mol. The van der Waals surface area contributed by atoms with Crippen molar-refractivity contribution in [2.75, 3.05) is 0 Å². The first-order valence-corrected chi connectivity index (χ1v) is 9.84. The molecule has 4 rings (SSSR count). The number of rotatable bonds is 3. The molecule has 2 N–H and O–H groups in total. The summed E-state index contributed by atoms with van der Waals surface area (Å²) >= 11 is 5.96. The highest BCUT2D eigenvalue weighted by Gasteiger charge is 2.29. The summed E-state index contributed by atoms with van der Waals surface area (Å²) in [5.41, 5.74) is 3.97. The standard InChI is InChI=1S/C19H18ClN3O.C3H8O2/c1-12(14-3-5-15(20)6-4-14)17-7-8-18(24-17)23-10-9-16-13(2)21-11-22-19(16)23;1-3(2,4)5/h3-6,9-11,17-18H,1,7-8H2,2H3;4-5H,1-2H3. The fraction of sp³-hybridized carbons (Fsp3) is 0.364. The van der Waals surface area contributed by atoms with Crippen molar-refractivity contribution in [2.24, 2.45) is 0 Å². The Balaban J connectivity index is 0.000000431.